The lowest BCUT2D eigenvalue weighted by atomic mass is 10.1. The van der Waals surface area contributed by atoms with Crippen molar-refractivity contribution in [1.29, 1.82) is 0 Å². The van der Waals surface area contributed by atoms with Gasteiger partial charge in [-0.1, -0.05) is 35.5 Å². The SMILES string of the molecule is CN(CC(=O)O)C1CCCN(CCc2nc(-c3ccccc3)no2)CC1. The highest BCUT2D eigenvalue weighted by Gasteiger charge is 2.22. The summed E-state index contributed by atoms with van der Waals surface area (Å²) < 4.78 is 5.38. The van der Waals surface area contributed by atoms with Crippen LogP contribution in [0.4, 0.5) is 0 Å². The van der Waals surface area contributed by atoms with E-state index in [0.717, 1.165) is 50.9 Å². The molecule has 7 nitrogen and oxygen atoms in total. The Kier molecular flexibility index (Phi) is 6.35. The maximum absolute atomic E-state index is 10.9. The Hall–Kier alpha value is -2.25. The molecule has 0 saturated carbocycles. The zero-order valence-corrected chi connectivity index (χ0v) is 15.2. The van der Waals surface area contributed by atoms with E-state index in [0.29, 0.717) is 17.8 Å². The van der Waals surface area contributed by atoms with Gasteiger partial charge in [-0.05, 0) is 39.4 Å². The van der Waals surface area contributed by atoms with E-state index in [-0.39, 0.29) is 6.54 Å². The molecule has 2 aromatic rings. The largest absolute Gasteiger partial charge is 0.480 e. The molecule has 7 heteroatoms. The van der Waals surface area contributed by atoms with Gasteiger partial charge in [0.2, 0.25) is 11.7 Å². The standard InChI is InChI=1S/C19H26N4O3/c1-22(14-18(24)25)16-8-5-11-23(12-9-16)13-10-17-20-19(21-26-17)15-6-3-2-4-7-15/h2-4,6-7,16H,5,8-14H2,1H3,(H,24,25). The lowest BCUT2D eigenvalue weighted by Gasteiger charge is -2.25. The van der Waals surface area contributed by atoms with E-state index in [2.05, 4.69) is 15.0 Å². The summed E-state index contributed by atoms with van der Waals surface area (Å²) in [7, 11) is 1.90. The van der Waals surface area contributed by atoms with Gasteiger partial charge in [-0.2, -0.15) is 4.98 Å². The number of benzene rings is 1. The van der Waals surface area contributed by atoms with Crippen LogP contribution in [0.1, 0.15) is 25.2 Å². The summed E-state index contributed by atoms with van der Waals surface area (Å²) in [4.78, 5) is 19.7. The number of carboxylic acid groups (broad SMARTS) is 1. The third-order valence-corrected chi connectivity index (χ3v) is 4.94. The molecule has 0 bridgehead atoms. The second kappa shape index (κ2) is 8.91. The predicted octanol–water partition coefficient (Wildman–Crippen LogP) is 2.15. The van der Waals surface area contributed by atoms with Gasteiger partial charge in [0.25, 0.3) is 0 Å². The molecule has 0 amide bonds. The Morgan fingerprint density at radius 1 is 1.31 bits per heavy atom. The molecule has 1 unspecified atom stereocenters. The first-order valence-electron chi connectivity index (χ1n) is 9.14. The average Bonchev–Trinajstić information content (AvgIpc) is 2.98. The van der Waals surface area contributed by atoms with Gasteiger partial charge in [0.05, 0.1) is 6.54 Å². The van der Waals surface area contributed by atoms with Crippen LogP contribution in [-0.2, 0) is 11.2 Å². The monoisotopic (exact) mass is 358 g/mol. The minimum absolute atomic E-state index is 0.106. The highest BCUT2D eigenvalue weighted by molar-refractivity contribution is 5.69. The highest BCUT2D eigenvalue weighted by Crippen LogP contribution is 2.17. The van der Waals surface area contributed by atoms with E-state index in [1.165, 1.54) is 0 Å². The third kappa shape index (κ3) is 5.12. The zero-order chi connectivity index (χ0) is 18.4. The predicted molar refractivity (Wildman–Crippen MR) is 97.8 cm³/mol. The topological polar surface area (TPSA) is 82.7 Å². The number of nitrogens with zero attached hydrogens (tertiary/aromatic N) is 4. The van der Waals surface area contributed by atoms with Gasteiger partial charge in [0.1, 0.15) is 0 Å². The quantitative estimate of drug-likeness (QED) is 0.812. The lowest BCUT2D eigenvalue weighted by molar-refractivity contribution is -0.138. The Morgan fingerprint density at radius 2 is 2.12 bits per heavy atom. The molecule has 1 aliphatic rings. The number of likely N-dealkylation sites (tertiary alicyclic amines) is 1. The number of aromatic nitrogens is 2. The number of carbonyl (C=O) groups is 1. The van der Waals surface area contributed by atoms with Crippen molar-refractivity contribution in [2.75, 3.05) is 33.2 Å². The van der Waals surface area contributed by atoms with Gasteiger partial charge in [0, 0.05) is 24.6 Å². The third-order valence-electron chi connectivity index (χ3n) is 4.94. The Morgan fingerprint density at radius 3 is 2.88 bits per heavy atom. The minimum Gasteiger partial charge on any atom is -0.480 e. The molecule has 1 saturated heterocycles. The number of hydrogen-bond acceptors (Lipinski definition) is 6. The molecule has 1 aromatic heterocycles. The highest BCUT2D eigenvalue weighted by atomic mass is 16.5. The molecule has 0 spiro atoms. The smallest absolute Gasteiger partial charge is 0.317 e. The lowest BCUT2D eigenvalue weighted by Crippen LogP contribution is -2.36. The molecule has 0 aliphatic carbocycles. The van der Waals surface area contributed by atoms with Crippen molar-refractivity contribution in [2.24, 2.45) is 0 Å². The minimum atomic E-state index is -0.765. The fourth-order valence-corrected chi connectivity index (χ4v) is 3.46. The molecule has 1 fully saturated rings. The van der Waals surface area contributed by atoms with Gasteiger partial charge in [-0.3, -0.25) is 9.69 Å². The molecule has 1 atom stereocenters. The van der Waals surface area contributed by atoms with Crippen LogP contribution in [0.3, 0.4) is 0 Å². The van der Waals surface area contributed by atoms with E-state index < -0.39 is 5.97 Å². The van der Waals surface area contributed by atoms with Crippen molar-refractivity contribution in [2.45, 2.75) is 31.7 Å². The van der Waals surface area contributed by atoms with Gasteiger partial charge in [0.15, 0.2) is 0 Å². The van der Waals surface area contributed by atoms with Crippen LogP contribution < -0.4 is 0 Å². The van der Waals surface area contributed by atoms with Crippen LogP contribution in [0.2, 0.25) is 0 Å². The maximum Gasteiger partial charge on any atom is 0.317 e. The van der Waals surface area contributed by atoms with Crippen LogP contribution >= 0.6 is 0 Å². The summed E-state index contributed by atoms with van der Waals surface area (Å²) in [6, 6.07) is 10.2. The summed E-state index contributed by atoms with van der Waals surface area (Å²) in [5, 5.41) is 13.0. The molecule has 26 heavy (non-hydrogen) atoms. The van der Waals surface area contributed by atoms with E-state index in [9.17, 15) is 4.79 Å². The molecule has 1 N–H and O–H groups in total. The molecule has 2 heterocycles. The fraction of sp³-hybridized carbons (Fsp3) is 0.526. The normalized spacial score (nSPS) is 18.8. The Bertz CT molecular complexity index is 704. The van der Waals surface area contributed by atoms with Gasteiger partial charge in [-0.15, -0.1) is 0 Å². The molecule has 0 radical (unpaired) electrons. The first-order chi connectivity index (χ1) is 12.6. The number of aliphatic carboxylic acids is 1. The second-order valence-electron chi connectivity index (χ2n) is 6.86. The molecule has 1 aliphatic heterocycles. The number of carboxylic acids is 1. The van der Waals surface area contributed by atoms with Crippen molar-refractivity contribution >= 4 is 5.97 Å². The van der Waals surface area contributed by atoms with Crippen molar-refractivity contribution in [3.8, 4) is 11.4 Å². The van der Waals surface area contributed by atoms with E-state index in [4.69, 9.17) is 9.63 Å². The first kappa shape index (κ1) is 18.5. The Balaban J connectivity index is 1.48. The summed E-state index contributed by atoms with van der Waals surface area (Å²) in [5.74, 6) is 0.527. The summed E-state index contributed by atoms with van der Waals surface area (Å²) in [6.45, 7) is 2.98. The number of hydrogen-bond donors (Lipinski definition) is 1. The van der Waals surface area contributed by atoms with Gasteiger partial charge < -0.3 is 14.5 Å². The molecular formula is C19H26N4O3. The molecule has 3 rings (SSSR count). The maximum atomic E-state index is 10.9. The van der Waals surface area contributed by atoms with E-state index >= 15 is 0 Å². The van der Waals surface area contributed by atoms with Gasteiger partial charge in [-0.25, -0.2) is 0 Å². The summed E-state index contributed by atoms with van der Waals surface area (Å²) in [5.41, 5.74) is 0.960. The van der Waals surface area contributed by atoms with E-state index in [1.54, 1.807) is 0 Å². The zero-order valence-electron chi connectivity index (χ0n) is 15.2. The van der Waals surface area contributed by atoms with E-state index in [1.807, 2.05) is 42.3 Å². The molecule has 140 valence electrons. The molecule has 1 aromatic carbocycles. The summed E-state index contributed by atoms with van der Waals surface area (Å²) >= 11 is 0. The first-order valence-corrected chi connectivity index (χ1v) is 9.14. The van der Waals surface area contributed by atoms with Crippen LogP contribution in [0, 0.1) is 0 Å². The van der Waals surface area contributed by atoms with Crippen LogP contribution in [-0.4, -0.2) is 70.3 Å². The van der Waals surface area contributed by atoms with Crippen molar-refractivity contribution in [1.82, 2.24) is 19.9 Å². The van der Waals surface area contributed by atoms with Crippen LogP contribution in [0.15, 0.2) is 34.9 Å². The van der Waals surface area contributed by atoms with Crippen molar-refractivity contribution < 1.29 is 14.4 Å². The van der Waals surface area contributed by atoms with Crippen LogP contribution in [0.25, 0.3) is 11.4 Å². The average molecular weight is 358 g/mol. The summed E-state index contributed by atoms with van der Waals surface area (Å²) in [6.07, 6.45) is 3.84. The number of likely N-dealkylation sites (N-methyl/N-ethyl adjacent to an activating group) is 1. The van der Waals surface area contributed by atoms with Crippen molar-refractivity contribution in [3.63, 3.8) is 0 Å². The van der Waals surface area contributed by atoms with Crippen molar-refractivity contribution in [3.05, 3.63) is 36.2 Å². The number of rotatable bonds is 7. The van der Waals surface area contributed by atoms with Crippen LogP contribution in [0.5, 0.6) is 0 Å². The fourth-order valence-electron chi connectivity index (χ4n) is 3.46. The second-order valence-corrected chi connectivity index (χ2v) is 6.86. The Labute approximate surface area is 153 Å². The molecular weight excluding hydrogens is 332 g/mol. The van der Waals surface area contributed by atoms with Gasteiger partial charge >= 0.3 is 5.97 Å².